The van der Waals surface area contributed by atoms with Crippen molar-refractivity contribution in [2.75, 3.05) is 6.54 Å². The van der Waals surface area contributed by atoms with Crippen LogP contribution in [0.5, 0.6) is 0 Å². The average molecular weight is 263 g/mol. The highest BCUT2D eigenvalue weighted by Gasteiger charge is 2.32. The van der Waals surface area contributed by atoms with E-state index in [-0.39, 0.29) is 29.3 Å². The van der Waals surface area contributed by atoms with Gasteiger partial charge in [0.05, 0.1) is 11.5 Å². The van der Waals surface area contributed by atoms with Crippen molar-refractivity contribution in [3.63, 3.8) is 0 Å². The van der Waals surface area contributed by atoms with Crippen molar-refractivity contribution in [1.82, 2.24) is 9.88 Å². The molecule has 2 atom stereocenters. The Bertz CT molecular complexity index is 532. The lowest BCUT2D eigenvalue weighted by Gasteiger charge is -2.36. The number of hydrogen-bond acceptors (Lipinski definition) is 3. The summed E-state index contributed by atoms with van der Waals surface area (Å²) in [5, 5.41) is 0. The minimum Gasteiger partial charge on any atom is -0.369 e. The van der Waals surface area contributed by atoms with Crippen LogP contribution in [0, 0.1) is 5.92 Å². The minimum absolute atomic E-state index is 0.0648. The van der Waals surface area contributed by atoms with E-state index in [1.165, 1.54) is 18.3 Å². The van der Waals surface area contributed by atoms with E-state index in [9.17, 15) is 14.4 Å². The second kappa shape index (κ2) is 5.26. The number of amides is 2. The lowest BCUT2D eigenvalue weighted by Crippen LogP contribution is -2.48. The Hall–Kier alpha value is -2.11. The Labute approximate surface area is 110 Å². The first-order valence-corrected chi connectivity index (χ1v) is 6.28. The van der Waals surface area contributed by atoms with Crippen LogP contribution in [0.2, 0.25) is 0 Å². The molecular formula is C13H17N3O3. The molecule has 2 rings (SSSR count). The molecule has 0 bridgehead atoms. The number of aromatic amines is 1. The smallest absolute Gasteiger partial charge is 0.255 e. The molecule has 2 amide bonds. The Kier molecular flexibility index (Phi) is 3.69. The number of hydrogen-bond donors (Lipinski definition) is 2. The molecule has 0 saturated carbocycles. The van der Waals surface area contributed by atoms with E-state index < -0.39 is 0 Å². The summed E-state index contributed by atoms with van der Waals surface area (Å²) in [6, 6.07) is 2.87. The summed E-state index contributed by atoms with van der Waals surface area (Å²) in [6.45, 7) is 2.29. The van der Waals surface area contributed by atoms with E-state index in [0.717, 1.165) is 6.42 Å². The van der Waals surface area contributed by atoms with Gasteiger partial charge in [-0.05, 0) is 25.8 Å². The number of H-pyrrole nitrogens is 1. The lowest BCUT2D eigenvalue weighted by atomic mass is 9.92. The molecule has 3 N–H and O–H groups in total. The van der Waals surface area contributed by atoms with Gasteiger partial charge in [-0.3, -0.25) is 14.4 Å². The molecule has 2 heterocycles. The minimum atomic E-state index is -0.369. The van der Waals surface area contributed by atoms with Crippen molar-refractivity contribution >= 4 is 11.8 Å². The van der Waals surface area contributed by atoms with E-state index in [1.54, 1.807) is 4.90 Å². The van der Waals surface area contributed by atoms with Crippen molar-refractivity contribution in [1.29, 1.82) is 0 Å². The van der Waals surface area contributed by atoms with Crippen molar-refractivity contribution in [3.8, 4) is 0 Å². The van der Waals surface area contributed by atoms with E-state index >= 15 is 0 Å². The van der Waals surface area contributed by atoms with Crippen LogP contribution >= 0.6 is 0 Å². The first kappa shape index (κ1) is 13.3. The summed E-state index contributed by atoms with van der Waals surface area (Å²) >= 11 is 0. The van der Waals surface area contributed by atoms with Gasteiger partial charge in [-0.2, -0.15) is 0 Å². The first-order chi connectivity index (χ1) is 8.99. The van der Waals surface area contributed by atoms with Gasteiger partial charge in [0, 0.05) is 24.8 Å². The number of nitrogens with one attached hydrogen (secondary N) is 1. The molecule has 0 spiro atoms. The Balaban J connectivity index is 2.18. The van der Waals surface area contributed by atoms with Gasteiger partial charge in [-0.15, -0.1) is 0 Å². The number of primary amides is 1. The zero-order chi connectivity index (χ0) is 14.0. The normalized spacial score (nSPS) is 23.1. The summed E-state index contributed by atoms with van der Waals surface area (Å²) in [5.74, 6) is -0.844. The Morgan fingerprint density at radius 1 is 1.37 bits per heavy atom. The monoisotopic (exact) mass is 263 g/mol. The number of carbonyl (C=O) groups is 2. The standard InChI is InChI=1S/C13H17N3O3/c1-8-2-3-10(12(14)18)7-16(8)13(19)9-4-5-11(17)15-6-9/h4-6,8,10H,2-3,7H2,1H3,(H2,14,18)(H,15,17). The van der Waals surface area contributed by atoms with Crippen LogP contribution in [-0.2, 0) is 4.79 Å². The molecule has 6 heteroatoms. The lowest BCUT2D eigenvalue weighted by molar-refractivity contribution is -0.123. The van der Waals surface area contributed by atoms with Crippen LogP contribution in [0.4, 0.5) is 0 Å². The quantitative estimate of drug-likeness (QED) is 0.792. The van der Waals surface area contributed by atoms with Gasteiger partial charge >= 0.3 is 0 Å². The third-order valence-electron chi connectivity index (χ3n) is 3.58. The molecule has 0 aliphatic carbocycles. The SMILES string of the molecule is CC1CCC(C(N)=O)CN1C(=O)c1ccc(=O)[nH]c1. The van der Waals surface area contributed by atoms with Gasteiger partial charge in [0.25, 0.3) is 5.91 Å². The first-order valence-electron chi connectivity index (χ1n) is 6.28. The molecule has 19 heavy (non-hydrogen) atoms. The number of likely N-dealkylation sites (tertiary alicyclic amines) is 1. The number of piperidine rings is 1. The summed E-state index contributed by atoms with van der Waals surface area (Å²) in [4.78, 5) is 38.7. The molecule has 102 valence electrons. The van der Waals surface area contributed by atoms with Crippen LogP contribution in [-0.4, -0.2) is 34.3 Å². The number of pyridine rings is 1. The molecule has 0 aromatic carbocycles. The highest BCUT2D eigenvalue weighted by Crippen LogP contribution is 2.23. The second-order valence-corrected chi connectivity index (χ2v) is 4.92. The molecule has 1 saturated heterocycles. The van der Waals surface area contributed by atoms with Gasteiger partial charge in [0.15, 0.2) is 0 Å². The summed E-state index contributed by atoms with van der Waals surface area (Å²) in [6.07, 6.45) is 2.86. The molecule has 1 aromatic rings. The van der Waals surface area contributed by atoms with Crippen molar-refractivity contribution in [2.24, 2.45) is 11.7 Å². The summed E-state index contributed by atoms with van der Waals surface area (Å²) in [7, 11) is 0. The van der Waals surface area contributed by atoms with Crippen LogP contribution in [0.1, 0.15) is 30.1 Å². The highest BCUT2D eigenvalue weighted by molar-refractivity contribution is 5.94. The van der Waals surface area contributed by atoms with Gasteiger partial charge < -0.3 is 15.6 Å². The fourth-order valence-electron chi connectivity index (χ4n) is 2.33. The molecule has 2 unspecified atom stereocenters. The number of carbonyl (C=O) groups excluding carboxylic acids is 2. The zero-order valence-corrected chi connectivity index (χ0v) is 10.8. The molecule has 1 aliphatic rings. The van der Waals surface area contributed by atoms with Crippen LogP contribution in [0.25, 0.3) is 0 Å². The van der Waals surface area contributed by atoms with E-state index in [4.69, 9.17) is 5.73 Å². The third kappa shape index (κ3) is 2.83. The van der Waals surface area contributed by atoms with Crippen LogP contribution < -0.4 is 11.3 Å². The fraction of sp³-hybridized carbons (Fsp3) is 0.462. The number of rotatable bonds is 2. The Morgan fingerprint density at radius 3 is 2.68 bits per heavy atom. The predicted octanol–water partition coefficient (Wildman–Crippen LogP) is 0.101. The average Bonchev–Trinajstić information content (AvgIpc) is 2.39. The van der Waals surface area contributed by atoms with E-state index in [1.807, 2.05) is 6.92 Å². The maximum atomic E-state index is 12.3. The van der Waals surface area contributed by atoms with Gasteiger partial charge in [0.1, 0.15) is 0 Å². The molecule has 1 aliphatic heterocycles. The van der Waals surface area contributed by atoms with Crippen molar-refractivity contribution in [2.45, 2.75) is 25.8 Å². The van der Waals surface area contributed by atoms with Crippen LogP contribution in [0.3, 0.4) is 0 Å². The Morgan fingerprint density at radius 2 is 2.11 bits per heavy atom. The predicted molar refractivity (Wildman–Crippen MR) is 69.5 cm³/mol. The summed E-state index contributed by atoms with van der Waals surface area (Å²) in [5.41, 5.74) is 5.47. The van der Waals surface area contributed by atoms with Crippen molar-refractivity contribution in [3.05, 3.63) is 34.2 Å². The number of nitrogens with zero attached hydrogens (tertiary/aromatic N) is 1. The van der Waals surface area contributed by atoms with Gasteiger partial charge in [-0.1, -0.05) is 0 Å². The van der Waals surface area contributed by atoms with E-state index in [0.29, 0.717) is 18.5 Å². The van der Waals surface area contributed by atoms with Gasteiger partial charge in [-0.25, -0.2) is 0 Å². The fourth-order valence-corrected chi connectivity index (χ4v) is 2.33. The maximum Gasteiger partial charge on any atom is 0.255 e. The molecule has 1 fully saturated rings. The number of aromatic nitrogens is 1. The summed E-state index contributed by atoms with van der Waals surface area (Å²) < 4.78 is 0. The molecule has 1 aromatic heterocycles. The van der Waals surface area contributed by atoms with Crippen molar-refractivity contribution < 1.29 is 9.59 Å². The highest BCUT2D eigenvalue weighted by atomic mass is 16.2. The van der Waals surface area contributed by atoms with Crippen LogP contribution in [0.15, 0.2) is 23.1 Å². The molecule has 0 radical (unpaired) electrons. The van der Waals surface area contributed by atoms with E-state index in [2.05, 4.69) is 4.98 Å². The zero-order valence-electron chi connectivity index (χ0n) is 10.8. The van der Waals surface area contributed by atoms with Gasteiger partial charge in [0.2, 0.25) is 11.5 Å². The largest absolute Gasteiger partial charge is 0.369 e. The topological polar surface area (TPSA) is 96.3 Å². The second-order valence-electron chi connectivity index (χ2n) is 4.92. The number of nitrogens with two attached hydrogens (primary N) is 1. The third-order valence-corrected chi connectivity index (χ3v) is 3.58. The molecular weight excluding hydrogens is 246 g/mol. The molecule has 6 nitrogen and oxygen atoms in total. The maximum absolute atomic E-state index is 12.3.